The van der Waals surface area contributed by atoms with Gasteiger partial charge >= 0.3 is 39.5 Å². The highest BCUT2D eigenvalue weighted by molar-refractivity contribution is 7.47. The summed E-state index contributed by atoms with van der Waals surface area (Å²) < 4.78 is 68.8. The maximum Gasteiger partial charge on any atom is 0.472 e. The molecule has 0 aromatic heterocycles. The minimum absolute atomic E-state index is 0.108. The van der Waals surface area contributed by atoms with E-state index in [4.69, 9.17) is 37.0 Å². The van der Waals surface area contributed by atoms with Gasteiger partial charge in [-0.3, -0.25) is 37.3 Å². The minimum Gasteiger partial charge on any atom is -0.462 e. The Labute approximate surface area is 651 Å². The molecule has 0 saturated heterocycles. The number of rotatable bonds is 86. The van der Waals surface area contributed by atoms with Crippen molar-refractivity contribution in [2.75, 3.05) is 39.6 Å². The van der Waals surface area contributed by atoms with E-state index in [1.807, 2.05) is 0 Å². The first-order chi connectivity index (χ1) is 51.4. The molecular formula is C87H170O17P2. The maximum absolute atomic E-state index is 13.2. The van der Waals surface area contributed by atoms with Crippen LogP contribution >= 0.6 is 15.6 Å². The van der Waals surface area contributed by atoms with Crippen LogP contribution in [-0.2, 0) is 65.4 Å². The molecule has 0 aliphatic heterocycles. The Bertz CT molecular complexity index is 2030. The van der Waals surface area contributed by atoms with E-state index < -0.39 is 97.5 Å². The van der Waals surface area contributed by atoms with Crippen molar-refractivity contribution in [1.82, 2.24) is 0 Å². The molecule has 0 rings (SSSR count). The van der Waals surface area contributed by atoms with Gasteiger partial charge in [0.1, 0.15) is 19.3 Å². The molecular weight excluding hydrogens is 1380 g/mol. The number of hydrogen-bond donors (Lipinski definition) is 3. The van der Waals surface area contributed by atoms with Crippen LogP contribution in [0.1, 0.15) is 465 Å². The quantitative estimate of drug-likeness (QED) is 0.0222. The number of esters is 4. The number of carbonyl (C=O) groups is 4. The van der Waals surface area contributed by atoms with E-state index in [9.17, 15) is 43.2 Å². The Balaban J connectivity index is 5.18. The molecule has 0 aliphatic rings. The molecule has 0 aromatic rings. The van der Waals surface area contributed by atoms with Crippen LogP contribution in [0.15, 0.2) is 0 Å². The lowest BCUT2D eigenvalue weighted by Crippen LogP contribution is -2.30. The van der Waals surface area contributed by atoms with E-state index in [0.717, 1.165) is 102 Å². The zero-order valence-corrected chi connectivity index (χ0v) is 71.5. The molecule has 3 N–H and O–H groups in total. The zero-order chi connectivity index (χ0) is 77.8. The van der Waals surface area contributed by atoms with Crippen LogP contribution in [0.3, 0.4) is 0 Å². The zero-order valence-electron chi connectivity index (χ0n) is 69.7. The average molecular weight is 1550 g/mol. The average Bonchev–Trinajstić information content (AvgIpc) is 0.955. The maximum atomic E-state index is 13.2. The van der Waals surface area contributed by atoms with E-state index in [0.29, 0.717) is 25.7 Å². The molecule has 0 bridgehead atoms. The van der Waals surface area contributed by atoms with E-state index in [1.54, 1.807) is 0 Å². The number of hydrogen-bond acceptors (Lipinski definition) is 15. The van der Waals surface area contributed by atoms with Crippen LogP contribution in [0.25, 0.3) is 0 Å². The van der Waals surface area contributed by atoms with Crippen molar-refractivity contribution in [3.05, 3.63) is 0 Å². The molecule has 0 aromatic carbocycles. The van der Waals surface area contributed by atoms with Crippen LogP contribution in [0, 0.1) is 11.8 Å². The van der Waals surface area contributed by atoms with Crippen LogP contribution in [0.5, 0.6) is 0 Å². The van der Waals surface area contributed by atoms with E-state index in [2.05, 4.69) is 41.5 Å². The van der Waals surface area contributed by atoms with Gasteiger partial charge in [0.05, 0.1) is 26.4 Å². The lowest BCUT2D eigenvalue weighted by atomic mass is 9.99. The van der Waals surface area contributed by atoms with Gasteiger partial charge in [-0.25, -0.2) is 9.13 Å². The molecule has 106 heavy (non-hydrogen) atoms. The highest BCUT2D eigenvalue weighted by Crippen LogP contribution is 2.45. The first kappa shape index (κ1) is 104. The molecule has 0 amide bonds. The number of unbranched alkanes of at least 4 members (excludes halogenated alkanes) is 54. The second-order valence-electron chi connectivity index (χ2n) is 31.8. The standard InChI is InChI=1S/C87H170O17P2/c1-7-11-13-15-17-19-20-33-41-47-53-59-65-71-86(91)103-82(75-97-84(89)69-63-57-51-43-18-16-14-12-8-2)77-101-105(93,94)99-73-81(88)74-100-106(95,96)102-78-83(104-87(92)72-66-60-54-48-42-37-32-28-24-22-26-30-35-39-45-50-56-62-68-80(6)10-4)76-98-85(90)70-64-58-52-46-40-36-31-27-23-21-25-29-34-38-44-49-55-61-67-79(5)9-3/h79-83,88H,7-78H2,1-6H3,(H,93,94)(H,95,96)/t79?,80?,81-,82+,83+/m0/s1. The summed E-state index contributed by atoms with van der Waals surface area (Å²) in [5.74, 6) is -0.357. The monoisotopic (exact) mass is 1550 g/mol. The Morgan fingerprint density at radius 2 is 0.453 bits per heavy atom. The van der Waals surface area contributed by atoms with Crippen molar-refractivity contribution in [1.29, 1.82) is 0 Å². The fourth-order valence-electron chi connectivity index (χ4n) is 13.5. The van der Waals surface area contributed by atoms with Gasteiger partial charge in [-0.1, -0.05) is 414 Å². The number of phosphoric ester groups is 2. The van der Waals surface area contributed by atoms with Crippen LogP contribution < -0.4 is 0 Å². The summed E-state index contributed by atoms with van der Waals surface area (Å²) in [4.78, 5) is 73.1. The summed E-state index contributed by atoms with van der Waals surface area (Å²) in [6.07, 6.45) is 70.8. The van der Waals surface area contributed by atoms with Crippen LogP contribution in [-0.4, -0.2) is 96.7 Å². The van der Waals surface area contributed by atoms with Gasteiger partial charge in [0.25, 0.3) is 0 Å². The Morgan fingerprint density at radius 3 is 0.670 bits per heavy atom. The minimum atomic E-state index is -4.97. The molecule has 0 fully saturated rings. The highest BCUT2D eigenvalue weighted by Gasteiger charge is 2.30. The van der Waals surface area contributed by atoms with E-state index >= 15 is 0 Å². The van der Waals surface area contributed by atoms with Crippen molar-refractivity contribution in [2.24, 2.45) is 11.8 Å². The second kappa shape index (κ2) is 78.3. The predicted molar refractivity (Wildman–Crippen MR) is 437 cm³/mol. The Kier molecular flexibility index (Phi) is 76.9. The lowest BCUT2D eigenvalue weighted by Gasteiger charge is -2.21. The molecule has 0 heterocycles. The Hall–Kier alpha value is -1.94. The van der Waals surface area contributed by atoms with Crippen molar-refractivity contribution in [3.63, 3.8) is 0 Å². The smallest absolute Gasteiger partial charge is 0.462 e. The van der Waals surface area contributed by atoms with Crippen molar-refractivity contribution in [2.45, 2.75) is 484 Å². The third-order valence-electron chi connectivity index (χ3n) is 21.2. The second-order valence-corrected chi connectivity index (χ2v) is 34.7. The van der Waals surface area contributed by atoms with Crippen molar-refractivity contribution >= 4 is 39.5 Å². The molecule has 7 atom stereocenters. The summed E-state index contributed by atoms with van der Waals surface area (Å²) in [6.45, 7) is 9.79. The number of carbonyl (C=O) groups excluding carboxylic acids is 4. The van der Waals surface area contributed by atoms with Gasteiger partial charge in [-0.2, -0.15) is 0 Å². The summed E-state index contributed by atoms with van der Waals surface area (Å²) in [7, 11) is -9.92. The topological polar surface area (TPSA) is 237 Å². The van der Waals surface area contributed by atoms with Gasteiger partial charge in [-0.05, 0) is 37.5 Å². The molecule has 0 spiro atoms. The van der Waals surface area contributed by atoms with Gasteiger partial charge in [-0.15, -0.1) is 0 Å². The third-order valence-corrected chi connectivity index (χ3v) is 23.1. The van der Waals surface area contributed by atoms with Crippen molar-refractivity contribution in [3.8, 4) is 0 Å². The van der Waals surface area contributed by atoms with Gasteiger partial charge in [0, 0.05) is 25.7 Å². The van der Waals surface area contributed by atoms with E-state index in [1.165, 1.54) is 283 Å². The molecule has 0 aliphatic carbocycles. The predicted octanol–water partition coefficient (Wildman–Crippen LogP) is 26.6. The SMILES string of the molecule is CCCCCCCCCCCCCCCC(=O)O[C@H](COC(=O)CCCCCCCCCCC)COP(=O)(O)OC[C@H](O)COP(=O)(O)OC[C@@H](COC(=O)CCCCCCCCCCCCCCCCCCCCC(C)CC)OC(=O)CCCCCCCCCCCCCCCCCCCCC(C)CC. The van der Waals surface area contributed by atoms with Crippen LogP contribution in [0.4, 0.5) is 0 Å². The molecule has 630 valence electrons. The Morgan fingerprint density at radius 1 is 0.264 bits per heavy atom. The first-order valence-electron chi connectivity index (χ1n) is 45.1. The number of ether oxygens (including phenoxy) is 4. The molecule has 0 saturated carbocycles. The summed E-state index contributed by atoms with van der Waals surface area (Å²) in [5.41, 5.74) is 0. The first-order valence-corrected chi connectivity index (χ1v) is 48.1. The largest absolute Gasteiger partial charge is 0.472 e. The van der Waals surface area contributed by atoms with Gasteiger partial charge in [0.2, 0.25) is 0 Å². The molecule has 17 nitrogen and oxygen atoms in total. The lowest BCUT2D eigenvalue weighted by molar-refractivity contribution is -0.161. The van der Waals surface area contributed by atoms with Gasteiger partial charge in [0.15, 0.2) is 12.2 Å². The number of aliphatic hydroxyl groups excluding tert-OH is 1. The summed E-state index contributed by atoms with van der Waals surface area (Å²) >= 11 is 0. The highest BCUT2D eigenvalue weighted by atomic mass is 31.2. The third kappa shape index (κ3) is 77.4. The van der Waals surface area contributed by atoms with Gasteiger partial charge < -0.3 is 33.8 Å². The normalized spacial score (nSPS) is 14.3. The van der Waals surface area contributed by atoms with E-state index in [-0.39, 0.29) is 25.7 Å². The fourth-order valence-corrected chi connectivity index (χ4v) is 15.1. The summed E-state index contributed by atoms with van der Waals surface area (Å²) in [6, 6.07) is 0. The van der Waals surface area contributed by atoms with Crippen molar-refractivity contribution < 1.29 is 80.2 Å². The number of phosphoric acid groups is 2. The number of aliphatic hydroxyl groups is 1. The molecule has 4 unspecified atom stereocenters. The summed E-state index contributed by atoms with van der Waals surface area (Å²) in [5, 5.41) is 10.7. The molecule has 19 heteroatoms. The molecule has 0 radical (unpaired) electrons. The van der Waals surface area contributed by atoms with Crippen LogP contribution in [0.2, 0.25) is 0 Å². The fraction of sp³-hybridized carbons (Fsp3) is 0.954.